The highest BCUT2D eigenvalue weighted by molar-refractivity contribution is 7.91. The number of para-hydroxylation sites is 1. The lowest BCUT2D eigenvalue weighted by atomic mass is 10.2. The van der Waals surface area contributed by atoms with Crippen LogP contribution in [-0.2, 0) is 24.7 Å². The summed E-state index contributed by atoms with van der Waals surface area (Å²) in [6.45, 7) is 1.20. The van der Waals surface area contributed by atoms with Gasteiger partial charge >= 0.3 is 6.36 Å². The topological polar surface area (TPSA) is 131 Å². The summed E-state index contributed by atoms with van der Waals surface area (Å²) in [6, 6.07) is 14.0. The van der Waals surface area contributed by atoms with Gasteiger partial charge in [0.2, 0.25) is 16.4 Å². The molecule has 0 aliphatic heterocycles. The minimum atomic E-state index is -4.89. The summed E-state index contributed by atoms with van der Waals surface area (Å²) in [5.74, 6) is -1.60. The Kier molecular flexibility index (Phi) is 9.45. The molecule has 0 aromatic heterocycles. The first-order valence-electron chi connectivity index (χ1n) is 11.4. The van der Waals surface area contributed by atoms with Crippen molar-refractivity contribution in [2.75, 3.05) is 19.3 Å². The third kappa shape index (κ3) is 7.94. The molecule has 3 aromatic rings. The van der Waals surface area contributed by atoms with Gasteiger partial charge < -0.3 is 9.47 Å². The maximum Gasteiger partial charge on any atom is 0.573 e. The van der Waals surface area contributed by atoms with Crippen LogP contribution in [0.25, 0.3) is 0 Å². The smallest absolute Gasteiger partial charge is 0.456 e. The Balaban J connectivity index is 1.84. The summed E-state index contributed by atoms with van der Waals surface area (Å²) in [7, 11) is -7.26. The summed E-state index contributed by atoms with van der Waals surface area (Å²) in [5.41, 5.74) is 0.819. The van der Waals surface area contributed by atoms with Crippen molar-refractivity contribution in [2.45, 2.75) is 29.1 Å². The highest BCUT2D eigenvalue weighted by atomic mass is 32.2. The number of sulfone groups is 1. The zero-order valence-electron chi connectivity index (χ0n) is 21.1. The van der Waals surface area contributed by atoms with Crippen LogP contribution < -0.4 is 9.47 Å². The standard InChI is InChI=1S/C25H25F3N2O8S2/c1-18-7-13-22(14-8-18)40(35,36)29(2)15-19(30(32)17-31)16-39(33,34)24-6-4-3-5-23(24)37-20-9-11-21(12-10-20)38-25(26,27)28/h3-14,17,19,32H,15-16H2,1-2H3. The first-order chi connectivity index (χ1) is 18.6. The average Bonchev–Trinajstić information content (AvgIpc) is 2.88. The van der Waals surface area contributed by atoms with Crippen LogP contribution in [0.1, 0.15) is 5.56 Å². The Morgan fingerprint density at radius 2 is 1.50 bits per heavy atom. The third-order valence-electron chi connectivity index (χ3n) is 5.56. The Morgan fingerprint density at radius 3 is 2.08 bits per heavy atom. The number of hydroxylamine groups is 2. The van der Waals surface area contributed by atoms with Gasteiger partial charge in [0.1, 0.15) is 22.1 Å². The van der Waals surface area contributed by atoms with Gasteiger partial charge in [-0.1, -0.05) is 29.8 Å². The van der Waals surface area contributed by atoms with E-state index in [4.69, 9.17) is 4.74 Å². The number of likely N-dealkylation sites (N-methyl/N-ethyl adjacent to an activating group) is 1. The third-order valence-corrected chi connectivity index (χ3v) is 9.23. The molecule has 1 N–H and O–H groups in total. The van der Waals surface area contributed by atoms with E-state index in [0.29, 0.717) is 0 Å². The second kappa shape index (κ2) is 12.2. The zero-order valence-corrected chi connectivity index (χ0v) is 22.8. The van der Waals surface area contributed by atoms with Crippen LogP contribution in [0.15, 0.2) is 82.6 Å². The van der Waals surface area contributed by atoms with Gasteiger partial charge in [-0.15, -0.1) is 13.2 Å². The zero-order chi connectivity index (χ0) is 29.7. The van der Waals surface area contributed by atoms with Crippen molar-refractivity contribution in [3.8, 4) is 17.2 Å². The predicted octanol–water partition coefficient (Wildman–Crippen LogP) is 4.00. The average molecular weight is 603 g/mol. The molecule has 0 aliphatic carbocycles. The van der Waals surface area contributed by atoms with E-state index in [9.17, 15) is 40.0 Å². The maximum atomic E-state index is 13.4. The molecular weight excluding hydrogens is 577 g/mol. The fraction of sp³-hybridized carbons (Fsp3) is 0.240. The summed E-state index contributed by atoms with van der Waals surface area (Å²) in [6.07, 6.45) is -4.94. The lowest BCUT2D eigenvalue weighted by Crippen LogP contribution is -2.46. The molecule has 15 heteroatoms. The van der Waals surface area contributed by atoms with Crippen molar-refractivity contribution in [3.63, 3.8) is 0 Å². The molecule has 3 rings (SSSR count). The molecule has 40 heavy (non-hydrogen) atoms. The summed E-state index contributed by atoms with van der Waals surface area (Å²) >= 11 is 0. The molecule has 10 nitrogen and oxygen atoms in total. The maximum absolute atomic E-state index is 13.4. The molecule has 0 radical (unpaired) electrons. The molecule has 1 amide bonds. The van der Waals surface area contributed by atoms with Crippen molar-refractivity contribution in [1.82, 2.24) is 9.37 Å². The first kappa shape index (κ1) is 30.9. The number of rotatable bonds is 12. The van der Waals surface area contributed by atoms with E-state index >= 15 is 0 Å². The highest BCUT2D eigenvalue weighted by Crippen LogP contribution is 2.32. The number of amides is 1. The van der Waals surface area contributed by atoms with Gasteiger partial charge in [-0.3, -0.25) is 10.0 Å². The van der Waals surface area contributed by atoms with Gasteiger partial charge in [-0.2, -0.15) is 4.31 Å². The number of carbonyl (C=O) groups excluding carboxylic acids is 1. The molecule has 0 heterocycles. The molecule has 0 spiro atoms. The number of sulfonamides is 1. The molecule has 3 aromatic carbocycles. The predicted molar refractivity (Wildman–Crippen MR) is 136 cm³/mol. The summed E-state index contributed by atoms with van der Waals surface area (Å²) < 4.78 is 100. The molecule has 0 saturated carbocycles. The lowest BCUT2D eigenvalue weighted by Gasteiger charge is -2.27. The minimum absolute atomic E-state index is 0.00525. The quantitative estimate of drug-likeness (QED) is 0.187. The van der Waals surface area contributed by atoms with Crippen LogP contribution in [0.3, 0.4) is 0 Å². The molecule has 0 bridgehead atoms. The van der Waals surface area contributed by atoms with Gasteiger partial charge in [0, 0.05) is 13.6 Å². The minimum Gasteiger partial charge on any atom is -0.456 e. The van der Waals surface area contributed by atoms with Gasteiger partial charge in [-0.25, -0.2) is 21.9 Å². The second-order valence-electron chi connectivity index (χ2n) is 8.59. The van der Waals surface area contributed by atoms with Crippen molar-refractivity contribution in [1.29, 1.82) is 0 Å². The van der Waals surface area contributed by atoms with Crippen LogP contribution in [0, 0.1) is 6.92 Å². The highest BCUT2D eigenvalue weighted by Gasteiger charge is 2.33. The number of carbonyl (C=O) groups is 1. The monoisotopic (exact) mass is 602 g/mol. The Bertz CT molecular complexity index is 1530. The van der Waals surface area contributed by atoms with Crippen molar-refractivity contribution in [3.05, 3.63) is 78.4 Å². The largest absolute Gasteiger partial charge is 0.573 e. The van der Waals surface area contributed by atoms with Crippen molar-refractivity contribution < 1.29 is 49.5 Å². The van der Waals surface area contributed by atoms with E-state index < -0.39 is 50.3 Å². The van der Waals surface area contributed by atoms with Gasteiger partial charge in [0.25, 0.3) is 0 Å². The summed E-state index contributed by atoms with van der Waals surface area (Å²) in [5, 5.41) is 10.2. The van der Waals surface area contributed by atoms with Crippen LogP contribution in [0.5, 0.6) is 17.2 Å². The Labute approximate surface area is 229 Å². The summed E-state index contributed by atoms with van der Waals surface area (Å²) in [4.78, 5) is 10.9. The van der Waals surface area contributed by atoms with Gasteiger partial charge in [-0.05, 0) is 55.5 Å². The molecule has 0 saturated heterocycles. The molecule has 1 atom stereocenters. The second-order valence-corrected chi connectivity index (χ2v) is 12.6. The van der Waals surface area contributed by atoms with Crippen molar-refractivity contribution >= 4 is 26.3 Å². The molecule has 216 valence electrons. The van der Waals surface area contributed by atoms with E-state index in [1.807, 2.05) is 0 Å². The molecule has 0 fully saturated rings. The van der Waals surface area contributed by atoms with E-state index in [-0.39, 0.29) is 32.8 Å². The van der Waals surface area contributed by atoms with Crippen LogP contribution in [-0.4, -0.2) is 69.6 Å². The number of nitrogens with zero attached hydrogens (tertiary/aromatic N) is 2. The van der Waals surface area contributed by atoms with E-state index in [1.165, 1.54) is 43.4 Å². The number of ether oxygens (including phenoxy) is 2. The number of halogens is 3. The number of aryl methyl sites for hydroxylation is 1. The fourth-order valence-electron chi connectivity index (χ4n) is 3.55. The van der Waals surface area contributed by atoms with E-state index in [2.05, 4.69) is 4.74 Å². The number of benzene rings is 3. The molecular formula is C25H25F3N2O8S2. The van der Waals surface area contributed by atoms with E-state index in [0.717, 1.165) is 34.1 Å². The van der Waals surface area contributed by atoms with Crippen LogP contribution >= 0.6 is 0 Å². The normalized spacial score (nSPS) is 13.1. The van der Waals surface area contributed by atoms with Crippen molar-refractivity contribution in [2.24, 2.45) is 0 Å². The van der Waals surface area contributed by atoms with Gasteiger partial charge in [0.05, 0.1) is 16.7 Å². The number of hydrogen-bond donors (Lipinski definition) is 1. The number of hydrogen-bond acceptors (Lipinski definition) is 8. The number of alkyl halides is 3. The Hall–Kier alpha value is -3.66. The van der Waals surface area contributed by atoms with Crippen LogP contribution in [0.4, 0.5) is 13.2 Å². The van der Waals surface area contributed by atoms with Crippen LogP contribution in [0.2, 0.25) is 0 Å². The fourth-order valence-corrected chi connectivity index (χ4v) is 6.41. The molecule has 1 unspecified atom stereocenters. The van der Waals surface area contributed by atoms with Gasteiger partial charge in [0.15, 0.2) is 9.84 Å². The van der Waals surface area contributed by atoms with E-state index in [1.54, 1.807) is 19.1 Å². The Morgan fingerprint density at radius 1 is 0.925 bits per heavy atom. The lowest BCUT2D eigenvalue weighted by molar-refractivity contribution is -0.274. The first-order valence-corrected chi connectivity index (χ1v) is 14.5. The SMILES string of the molecule is Cc1ccc(S(=O)(=O)N(C)CC(CS(=O)(=O)c2ccccc2Oc2ccc(OC(F)(F)F)cc2)N(O)C=O)cc1. The molecule has 0 aliphatic rings.